The third-order valence-corrected chi connectivity index (χ3v) is 6.64. The number of benzene rings is 2. The first-order valence-electron chi connectivity index (χ1n) is 12.8. The average molecular weight is 549 g/mol. The maximum atomic E-state index is 16.2. The van der Waals surface area contributed by atoms with Gasteiger partial charge in [0.2, 0.25) is 5.91 Å². The van der Waals surface area contributed by atoms with Gasteiger partial charge in [-0.05, 0) is 33.0 Å². The summed E-state index contributed by atoms with van der Waals surface area (Å²) in [6.07, 6.45) is 3.73. The van der Waals surface area contributed by atoms with Gasteiger partial charge in [0, 0.05) is 68.4 Å². The number of likely N-dealkylation sites (N-methyl/N-ethyl adjacent to an activating group) is 2. The Kier molecular flexibility index (Phi) is 10.2. The Morgan fingerprint density at radius 1 is 1.18 bits per heavy atom. The summed E-state index contributed by atoms with van der Waals surface area (Å²) in [6.45, 7) is 9.01. The molecule has 3 rings (SSSR count). The lowest BCUT2D eigenvalue weighted by Gasteiger charge is -2.28. The van der Waals surface area contributed by atoms with Gasteiger partial charge < -0.3 is 35.9 Å². The molecule has 0 spiro atoms. The number of anilines is 5. The number of hydrogen-bond acceptors (Lipinski definition) is 9. The van der Waals surface area contributed by atoms with Crippen LogP contribution in [0.5, 0.6) is 5.75 Å². The number of methoxy groups -OCH3 is 1. The molecule has 4 N–H and O–H groups in total. The zero-order valence-corrected chi connectivity index (χ0v) is 23.8. The van der Waals surface area contributed by atoms with E-state index in [1.807, 2.05) is 37.2 Å². The fourth-order valence-electron chi connectivity index (χ4n) is 3.94. The number of halogens is 1. The van der Waals surface area contributed by atoms with Gasteiger partial charge in [-0.2, -0.15) is 0 Å². The lowest BCUT2D eigenvalue weighted by molar-refractivity contribution is -0.111. The summed E-state index contributed by atoms with van der Waals surface area (Å²) in [4.78, 5) is 24.9. The largest absolute Gasteiger partial charge is 0.494 e. The average Bonchev–Trinajstić information content (AvgIpc) is 2.97. The quantitative estimate of drug-likeness (QED) is 0.175. The van der Waals surface area contributed by atoms with Gasteiger partial charge in [0.25, 0.3) is 0 Å². The van der Waals surface area contributed by atoms with E-state index in [1.54, 1.807) is 19.2 Å². The topological polar surface area (TPSA) is 118 Å². The monoisotopic (exact) mass is 548 g/mol. The van der Waals surface area contributed by atoms with Crippen molar-refractivity contribution < 1.29 is 13.9 Å². The van der Waals surface area contributed by atoms with Crippen LogP contribution in [0, 0.1) is 11.2 Å². The molecule has 0 saturated heterocycles. The zero-order valence-electron chi connectivity index (χ0n) is 23.8. The van der Waals surface area contributed by atoms with Crippen LogP contribution in [0.1, 0.15) is 19.4 Å². The fourth-order valence-corrected chi connectivity index (χ4v) is 3.94. The van der Waals surface area contributed by atoms with Crippen LogP contribution < -0.4 is 25.6 Å². The smallest absolute Gasteiger partial charge is 0.247 e. The third kappa shape index (κ3) is 6.92. The number of nitrogens with zero attached hydrogens (tertiary/aromatic N) is 4. The van der Waals surface area contributed by atoms with Crippen molar-refractivity contribution in [2.45, 2.75) is 19.9 Å². The van der Waals surface area contributed by atoms with Crippen LogP contribution in [-0.4, -0.2) is 74.4 Å². The lowest BCUT2D eigenvalue weighted by Crippen LogP contribution is -2.35. The van der Waals surface area contributed by atoms with Crippen LogP contribution in [0.25, 0.3) is 11.3 Å². The van der Waals surface area contributed by atoms with Crippen molar-refractivity contribution in [3.8, 4) is 17.0 Å². The van der Waals surface area contributed by atoms with Crippen LogP contribution in [0.15, 0.2) is 49.3 Å². The third-order valence-electron chi connectivity index (χ3n) is 6.64. The van der Waals surface area contributed by atoms with Crippen LogP contribution >= 0.6 is 0 Å². The van der Waals surface area contributed by atoms with Crippen molar-refractivity contribution in [3.63, 3.8) is 0 Å². The van der Waals surface area contributed by atoms with Gasteiger partial charge in [-0.25, -0.2) is 14.4 Å². The Bertz CT molecular complexity index is 1380. The van der Waals surface area contributed by atoms with Crippen LogP contribution in [0.3, 0.4) is 0 Å². The number of rotatable bonds is 13. The van der Waals surface area contributed by atoms with Crippen LogP contribution in [-0.2, 0) is 4.79 Å². The van der Waals surface area contributed by atoms with Crippen molar-refractivity contribution in [2.75, 3.05) is 62.2 Å². The number of aromatic nitrogens is 2. The summed E-state index contributed by atoms with van der Waals surface area (Å²) in [7, 11) is 7.08. The molecule has 0 aliphatic heterocycles. The second-order valence-corrected chi connectivity index (χ2v) is 9.46. The molecule has 212 valence electrons. The lowest BCUT2D eigenvalue weighted by atomic mass is 10.1. The molecule has 11 heteroatoms. The van der Waals surface area contributed by atoms with E-state index in [4.69, 9.17) is 10.1 Å². The van der Waals surface area contributed by atoms with Crippen molar-refractivity contribution in [1.82, 2.24) is 14.9 Å². The van der Waals surface area contributed by atoms with E-state index >= 15 is 4.39 Å². The van der Waals surface area contributed by atoms with E-state index in [1.165, 1.54) is 19.7 Å². The van der Waals surface area contributed by atoms with E-state index in [9.17, 15) is 4.79 Å². The molecule has 40 heavy (non-hydrogen) atoms. The molecule has 1 heterocycles. The van der Waals surface area contributed by atoms with Gasteiger partial charge in [0.05, 0.1) is 18.5 Å². The van der Waals surface area contributed by atoms with Crippen LogP contribution in [0.2, 0.25) is 0 Å². The highest BCUT2D eigenvalue weighted by atomic mass is 19.1. The minimum atomic E-state index is -0.707. The molecule has 1 amide bonds. The van der Waals surface area contributed by atoms with E-state index < -0.39 is 11.7 Å². The predicted molar refractivity (Wildman–Crippen MR) is 161 cm³/mol. The number of nitrogens with one attached hydrogen (secondary N) is 4. The minimum absolute atomic E-state index is 0.00178. The molecule has 1 aromatic heterocycles. The van der Waals surface area contributed by atoms with Gasteiger partial charge >= 0.3 is 0 Å². The fraction of sp³-hybridized carbons (Fsp3) is 0.310. The van der Waals surface area contributed by atoms with Crippen molar-refractivity contribution in [2.24, 2.45) is 0 Å². The molecule has 0 radical (unpaired) electrons. The number of ether oxygens (including phenoxy) is 1. The molecule has 0 bridgehead atoms. The van der Waals surface area contributed by atoms with Gasteiger partial charge in [0.1, 0.15) is 29.3 Å². The first-order chi connectivity index (χ1) is 19.1. The standard InChI is InChI=1S/C29H37FN8O2/c1-8-26(39)36-28-23(38(6)12-11-37(5)18(2)3)15-24(40-7)29(27(28)30)35-25-14-22(33-17-34-25)19-9-10-20(16-31)21(13-19)32-4/h8-10,13-18,31-32H,1,11-12H2,2-7H3,(H,36,39)(H,33,34,35). The zero-order chi connectivity index (χ0) is 29.4. The Morgan fingerprint density at radius 2 is 1.93 bits per heavy atom. The molecule has 0 unspecified atom stereocenters. The summed E-state index contributed by atoms with van der Waals surface area (Å²) < 4.78 is 21.7. The predicted octanol–water partition coefficient (Wildman–Crippen LogP) is 4.98. The van der Waals surface area contributed by atoms with Crippen molar-refractivity contribution in [1.29, 1.82) is 5.41 Å². The molecular formula is C29H37FN8O2. The van der Waals surface area contributed by atoms with E-state index in [-0.39, 0.29) is 17.1 Å². The molecule has 0 aliphatic carbocycles. The molecule has 3 aromatic rings. The Balaban J connectivity index is 2.03. The number of hydrogen-bond donors (Lipinski definition) is 4. The van der Waals surface area contributed by atoms with E-state index in [0.717, 1.165) is 29.4 Å². The summed E-state index contributed by atoms with van der Waals surface area (Å²) in [6, 6.07) is 9.24. The normalized spacial score (nSPS) is 10.8. The summed E-state index contributed by atoms with van der Waals surface area (Å²) >= 11 is 0. The van der Waals surface area contributed by atoms with Crippen molar-refractivity contribution in [3.05, 3.63) is 60.7 Å². The van der Waals surface area contributed by atoms with E-state index in [0.29, 0.717) is 29.8 Å². The molecule has 0 aliphatic rings. The molecule has 2 aromatic carbocycles. The Labute approximate surface area is 234 Å². The van der Waals surface area contributed by atoms with E-state index in [2.05, 4.69) is 51.2 Å². The second kappa shape index (κ2) is 13.5. The molecule has 0 saturated carbocycles. The van der Waals surface area contributed by atoms with Gasteiger partial charge in [0.15, 0.2) is 5.82 Å². The Hall–Kier alpha value is -4.51. The highest BCUT2D eigenvalue weighted by molar-refractivity contribution is 6.02. The number of carbonyl (C=O) groups is 1. The Morgan fingerprint density at radius 3 is 2.55 bits per heavy atom. The number of carbonyl (C=O) groups excluding carboxylic acids is 1. The van der Waals surface area contributed by atoms with Crippen LogP contribution in [0.4, 0.5) is 33.0 Å². The molecular weight excluding hydrogens is 511 g/mol. The highest BCUT2D eigenvalue weighted by Crippen LogP contribution is 2.41. The summed E-state index contributed by atoms with van der Waals surface area (Å²) in [5.41, 5.74) is 3.36. The van der Waals surface area contributed by atoms with Gasteiger partial charge in [-0.3, -0.25) is 4.79 Å². The SMILES string of the molecule is C=CC(=O)Nc1c(N(C)CCN(C)C(C)C)cc(OC)c(Nc2cc(-c3ccc(C=N)c(NC)c3)ncn2)c1F. The van der Waals surface area contributed by atoms with Crippen molar-refractivity contribution >= 4 is 40.7 Å². The maximum Gasteiger partial charge on any atom is 0.247 e. The van der Waals surface area contributed by atoms with Gasteiger partial charge in [-0.1, -0.05) is 18.7 Å². The minimum Gasteiger partial charge on any atom is -0.494 e. The number of amides is 1. The molecule has 0 fully saturated rings. The first kappa shape index (κ1) is 30.0. The first-order valence-corrected chi connectivity index (χ1v) is 12.8. The summed E-state index contributed by atoms with van der Waals surface area (Å²) in [5.74, 6) is -0.685. The van der Waals surface area contributed by atoms with Gasteiger partial charge in [-0.15, -0.1) is 0 Å². The summed E-state index contributed by atoms with van der Waals surface area (Å²) in [5, 5.41) is 16.3. The molecule has 0 atom stereocenters. The molecule has 10 nitrogen and oxygen atoms in total. The second-order valence-electron chi connectivity index (χ2n) is 9.46. The highest BCUT2D eigenvalue weighted by Gasteiger charge is 2.23. The maximum absolute atomic E-state index is 16.2.